The molecule has 0 aromatic heterocycles. The van der Waals surface area contributed by atoms with Crippen molar-refractivity contribution >= 4 is 29.2 Å². The standard InChI is InChI=1S/C21H27ClN4O/c1-3-24(4-2)20-8-5-17(21(27)15-20)16-23-26-13-11-25(12-14-26)19-9-6-18(22)7-10-19/h5-10,15-16,27H,3-4,11-14H2,1-2H3/b23-16+. The highest BCUT2D eigenvalue weighted by molar-refractivity contribution is 6.30. The Balaban J connectivity index is 1.58. The third-order valence-corrected chi connectivity index (χ3v) is 5.20. The van der Waals surface area contributed by atoms with E-state index in [0.717, 1.165) is 55.5 Å². The van der Waals surface area contributed by atoms with Gasteiger partial charge in [0.25, 0.3) is 0 Å². The van der Waals surface area contributed by atoms with Crippen LogP contribution in [0, 0.1) is 0 Å². The predicted octanol–water partition coefficient (Wildman–Crippen LogP) is 4.05. The number of hydrazone groups is 1. The van der Waals surface area contributed by atoms with Crippen LogP contribution in [0.25, 0.3) is 0 Å². The van der Waals surface area contributed by atoms with Crippen molar-refractivity contribution in [2.75, 3.05) is 49.1 Å². The van der Waals surface area contributed by atoms with Gasteiger partial charge in [-0.15, -0.1) is 0 Å². The number of hydrogen-bond acceptors (Lipinski definition) is 5. The summed E-state index contributed by atoms with van der Waals surface area (Å²) in [7, 11) is 0. The highest BCUT2D eigenvalue weighted by atomic mass is 35.5. The fraction of sp³-hybridized carbons (Fsp3) is 0.381. The fourth-order valence-electron chi connectivity index (χ4n) is 3.29. The van der Waals surface area contributed by atoms with Gasteiger partial charge in [-0.1, -0.05) is 11.6 Å². The minimum Gasteiger partial charge on any atom is -0.507 e. The highest BCUT2D eigenvalue weighted by Crippen LogP contribution is 2.24. The lowest BCUT2D eigenvalue weighted by Crippen LogP contribution is -2.44. The smallest absolute Gasteiger partial charge is 0.126 e. The molecule has 2 aromatic rings. The van der Waals surface area contributed by atoms with Crippen LogP contribution < -0.4 is 9.80 Å². The number of aromatic hydroxyl groups is 1. The number of rotatable bonds is 6. The van der Waals surface area contributed by atoms with Crippen LogP contribution in [0.1, 0.15) is 19.4 Å². The zero-order valence-corrected chi connectivity index (χ0v) is 16.7. The second kappa shape index (κ2) is 9.00. The number of phenolic OH excluding ortho intramolecular Hbond substituents is 1. The molecule has 2 aromatic carbocycles. The zero-order valence-electron chi connectivity index (χ0n) is 16.0. The van der Waals surface area contributed by atoms with Gasteiger partial charge < -0.3 is 14.9 Å². The Hall–Kier alpha value is -2.40. The molecule has 0 bridgehead atoms. The molecule has 0 amide bonds. The van der Waals surface area contributed by atoms with E-state index in [-0.39, 0.29) is 5.75 Å². The van der Waals surface area contributed by atoms with Gasteiger partial charge in [0.1, 0.15) is 5.75 Å². The van der Waals surface area contributed by atoms with E-state index in [1.165, 1.54) is 5.69 Å². The van der Waals surface area contributed by atoms with Gasteiger partial charge in [0.15, 0.2) is 0 Å². The summed E-state index contributed by atoms with van der Waals surface area (Å²) in [6, 6.07) is 13.7. The van der Waals surface area contributed by atoms with Crippen LogP contribution in [0.15, 0.2) is 47.6 Å². The summed E-state index contributed by atoms with van der Waals surface area (Å²) in [5.74, 6) is 0.267. The van der Waals surface area contributed by atoms with Gasteiger partial charge >= 0.3 is 0 Å². The van der Waals surface area contributed by atoms with Crippen molar-refractivity contribution in [2.45, 2.75) is 13.8 Å². The molecule has 27 heavy (non-hydrogen) atoms. The van der Waals surface area contributed by atoms with Crippen molar-refractivity contribution in [3.05, 3.63) is 53.1 Å². The number of halogens is 1. The van der Waals surface area contributed by atoms with Crippen molar-refractivity contribution < 1.29 is 5.11 Å². The van der Waals surface area contributed by atoms with Gasteiger partial charge in [-0.25, -0.2) is 0 Å². The topological polar surface area (TPSA) is 42.3 Å². The molecule has 3 rings (SSSR count). The molecule has 1 N–H and O–H groups in total. The first-order chi connectivity index (χ1) is 13.1. The lowest BCUT2D eigenvalue weighted by Gasteiger charge is -2.34. The van der Waals surface area contributed by atoms with E-state index < -0.39 is 0 Å². The molecule has 1 aliphatic heterocycles. The van der Waals surface area contributed by atoms with Gasteiger partial charge in [0.05, 0.1) is 19.3 Å². The molecule has 1 aliphatic rings. The van der Waals surface area contributed by atoms with E-state index in [1.807, 2.05) is 35.3 Å². The Morgan fingerprint density at radius 1 is 1.04 bits per heavy atom. The van der Waals surface area contributed by atoms with Gasteiger partial charge in [0, 0.05) is 54.2 Å². The number of nitrogens with zero attached hydrogens (tertiary/aromatic N) is 4. The van der Waals surface area contributed by atoms with Gasteiger partial charge in [-0.3, -0.25) is 5.01 Å². The Morgan fingerprint density at radius 2 is 1.70 bits per heavy atom. The molecule has 0 atom stereocenters. The minimum atomic E-state index is 0.267. The maximum absolute atomic E-state index is 10.3. The second-order valence-corrected chi connectivity index (χ2v) is 7.01. The number of phenols is 1. The number of hydrogen-bond donors (Lipinski definition) is 1. The van der Waals surface area contributed by atoms with E-state index in [1.54, 1.807) is 6.21 Å². The molecule has 0 unspecified atom stereocenters. The molecular weight excluding hydrogens is 360 g/mol. The van der Waals surface area contributed by atoms with Gasteiger partial charge in [-0.05, 0) is 50.2 Å². The van der Waals surface area contributed by atoms with Crippen LogP contribution in [0.2, 0.25) is 5.02 Å². The Bertz CT molecular complexity index is 766. The van der Waals surface area contributed by atoms with Gasteiger partial charge in [0.2, 0.25) is 0 Å². The van der Waals surface area contributed by atoms with Crippen LogP contribution >= 0.6 is 11.6 Å². The summed E-state index contributed by atoms with van der Waals surface area (Å²) < 4.78 is 0. The molecular formula is C21H27ClN4O. The van der Waals surface area contributed by atoms with Crippen molar-refractivity contribution in [3.8, 4) is 5.75 Å². The third kappa shape index (κ3) is 4.86. The fourth-order valence-corrected chi connectivity index (χ4v) is 3.42. The van der Waals surface area contributed by atoms with Crippen LogP contribution in [0.3, 0.4) is 0 Å². The van der Waals surface area contributed by atoms with Crippen LogP contribution in [-0.4, -0.2) is 55.6 Å². The average Bonchev–Trinajstić information content (AvgIpc) is 2.69. The average molecular weight is 387 g/mol. The van der Waals surface area contributed by atoms with Crippen molar-refractivity contribution in [1.82, 2.24) is 5.01 Å². The summed E-state index contributed by atoms with van der Waals surface area (Å²) in [4.78, 5) is 4.54. The summed E-state index contributed by atoms with van der Waals surface area (Å²) >= 11 is 5.96. The normalized spacial score (nSPS) is 14.8. The predicted molar refractivity (Wildman–Crippen MR) is 114 cm³/mol. The number of piperazine rings is 1. The van der Waals surface area contributed by atoms with Crippen LogP contribution in [-0.2, 0) is 0 Å². The van der Waals surface area contributed by atoms with Crippen molar-refractivity contribution in [2.24, 2.45) is 5.10 Å². The van der Waals surface area contributed by atoms with Crippen LogP contribution in [0.5, 0.6) is 5.75 Å². The SMILES string of the molecule is CCN(CC)c1ccc(/C=N/N2CCN(c3ccc(Cl)cc3)CC2)c(O)c1. The Kier molecular flexibility index (Phi) is 6.45. The zero-order chi connectivity index (χ0) is 19.2. The molecule has 0 saturated carbocycles. The maximum Gasteiger partial charge on any atom is 0.126 e. The first-order valence-corrected chi connectivity index (χ1v) is 9.86. The molecule has 0 spiro atoms. The number of anilines is 2. The number of benzene rings is 2. The van der Waals surface area contributed by atoms with Crippen molar-refractivity contribution in [3.63, 3.8) is 0 Å². The molecule has 1 saturated heterocycles. The van der Waals surface area contributed by atoms with E-state index in [2.05, 4.69) is 40.9 Å². The molecule has 5 nitrogen and oxygen atoms in total. The second-order valence-electron chi connectivity index (χ2n) is 6.58. The molecule has 0 radical (unpaired) electrons. The lowest BCUT2D eigenvalue weighted by molar-refractivity contribution is 0.272. The summed E-state index contributed by atoms with van der Waals surface area (Å²) in [6.45, 7) is 9.56. The third-order valence-electron chi connectivity index (χ3n) is 4.95. The van der Waals surface area contributed by atoms with E-state index in [4.69, 9.17) is 11.6 Å². The summed E-state index contributed by atoms with van der Waals surface area (Å²) in [6.07, 6.45) is 1.75. The lowest BCUT2D eigenvalue weighted by atomic mass is 10.2. The molecule has 1 fully saturated rings. The highest BCUT2D eigenvalue weighted by Gasteiger charge is 2.15. The Labute approximate surface area is 166 Å². The van der Waals surface area contributed by atoms with E-state index in [9.17, 15) is 5.11 Å². The first kappa shape index (κ1) is 19.4. The monoisotopic (exact) mass is 386 g/mol. The molecule has 1 heterocycles. The quantitative estimate of drug-likeness (QED) is 0.760. The van der Waals surface area contributed by atoms with Crippen molar-refractivity contribution in [1.29, 1.82) is 0 Å². The summed E-state index contributed by atoms with van der Waals surface area (Å²) in [5.41, 5.74) is 2.96. The summed E-state index contributed by atoms with van der Waals surface area (Å²) in [5, 5.41) is 17.7. The first-order valence-electron chi connectivity index (χ1n) is 9.48. The van der Waals surface area contributed by atoms with Crippen LogP contribution in [0.4, 0.5) is 11.4 Å². The van der Waals surface area contributed by atoms with E-state index in [0.29, 0.717) is 0 Å². The molecule has 144 valence electrons. The molecule has 6 heteroatoms. The Morgan fingerprint density at radius 3 is 2.30 bits per heavy atom. The largest absolute Gasteiger partial charge is 0.507 e. The maximum atomic E-state index is 10.3. The van der Waals surface area contributed by atoms with E-state index >= 15 is 0 Å². The minimum absolute atomic E-state index is 0.267. The van der Waals surface area contributed by atoms with Gasteiger partial charge in [-0.2, -0.15) is 5.10 Å². The molecule has 0 aliphatic carbocycles.